The monoisotopic (exact) mass is 319 g/mol. The van der Waals surface area contributed by atoms with E-state index in [1.807, 2.05) is 0 Å². The van der Waals surface area contributed by atoms with Gasteiger partial charge in [0.2, 0.25) is 5.88 Å². The van der Waals surface area contributed by atoms with E-state index < -0.39 is 22.1 Å². The first-order valence-corrected chi connectivity index (χ1v) is 6.35. The number of nitro groups is 1. The molecule has 0 aliphatic heterocycles. The van der Waals surface area contributed by atoms with Crippen LogP contribution < -0.4 is 16.7 Å². The summed E-state index contributed by atoms with van der Waals surface area (Å²) >= 11 is 0. The van der Waals surface area contributed by atoms with Crippen LogP contribution in [-0.4, -0.2) is 25.4 Å². The molecule has 0 radical (unpaired) electrons. The standard InChI is InChI=1S/C13H13N5O5/c1-16-11(19)10(12(20)17(2)13(16)21)7-14-15-8-3-5-9(6-4-8)18(22)23/h3-7,15,19H,1-2H3/b14-7-. The quantitative estimate of drug-likeness (QED) is 0.468. The molecule has 2 aromatic rings. The van der Waals surface area contributed by atoms with E-state index in [0.29, 0.717) is 5.69 Å². The highest BCUT2D eigenvalue weighted by Gasteiger charge is 2.12. The van der Waals surface area contributed by atoms with Crippen molar-refractivity contribution in [2.24, 2.45) is 19.2 Å². The van der Waals surface area contributed by atoms with E-state index in [1.54, 1.807) is 0 Å². The lowest BCUT2D eigenvalue weighted by atomic mass is 10.3. The number of hydrogen-bond acceptors (Lipinski definition) is 7. The van der Waals surface area contributed by atoms with E-state index in [9.17, 15) is 24.8 Å². The Balaban J connectivity index is 2.26. The van der Waals surface area contributed by atoms with Crippen LogP contribution in [0.1, 0.15) is 5.56 Å². The first-order chi connectivity index (χ1) is 10.8. The molecule has 120 valence electrons. The van der Waals surface area contributed by atoms with Gasteiger partial charge >= 0.3 is 5.69 Å². The highest BCUT2D eigenvalue weighted by molar-refractivity contribution is 5.82. The molecule has 1 aromatic heterocycles. The van der Waals surface area contributed by atoms with Gasteiger partial charge in [-0.1, -0.05) is 0 Å². The van der Waals surface area contributed by atoms with Crippen molar-refractivity contribution >= 4 is 17.6 Å². The molecule has 0 spiro atoms. The van der Waals surface area contributed by atoms with Gasteiger partial charge in [-0.2, -0.15) is 5.10 Å². The van der Waals surface area contributed by atoms with Gasteiger partial charge in [-0.05, 0) is 12.1 Å². The lowest BCUT2D eigenvalue weighted by Gasteiger charge is -2.07. The van der Waals surface area contributed by atoms with Crippen molar-refractivity contribution in [1.29, 1.82) is 0 Å². The minimum absolute atomic E-state index is 0.0656. The Morgan fingerprint density at radius 1 is 1.22 bits per heavy atom. The molecule has 0 bridgehead atoms. The molecule has 0 saturated heterocycles. The summed E-state index contributed by atoms with van der Waals surface area (Å²) in [5.74, 6) is -0.507. The van der Waals surface area contributed by atoms with Gasteiger partial charge in [0, 0.05) is 26.2 Å². The van der Waals surface area contributed by atoms with Gasteiger partial charge in [0.05, 0.1) is 16.8 Å². The Kier molecular flexibility index (Phi) is 4.25. The zero-order valence-corrected chi connectivity index (χ0v) is 12.3. The summed E-state index contributed by atoms with van der Waals surface area (Å²) in [5.41, 5.74) is 1.44. The Morgan fingerprint density at radius 2 is 1.83 bits per heavy atom. The Hall–Kier alpha value is -3.43. The van der Waals surface area contributed by atoms with Gasteiger partial charge in [0.25, 0.3) is 11.2 Å². The van der Waals surface area contributed by atoms with Crippen molar-refractivity contribution in [1.82, 2.24) is 9.13 Å². The average Bonchev–Trinajstić information content (AvgIpc) is 2.54. The lowest BCUT2D eigenvalue weighted by molar-refractivity contribution is -0.384. The third-order valence-electron chi connectivity index (χ3n) is 3.13. The third-order valence-corrected chi connectivity index (χ3v) is 3.13. The highest BCUT2D eigenvalue weighted by Crippen LogP contribution is 2.15. The number of aromatic hydroxyl groups is 1. The average molecular weight is 319 g/mol. The summed E-state index contributed by atoms with van der Waals surface area (Å²) in [6.45, 7) is 0. The second kappa shape index (κ2) is 6.13. The highest BCUT2D eigenvalue weighted by atomic mass is 16.6. The number of anilines is 1. The Bertz CT molecular complexity index is 895. The molecule has 23 heavy (non-hydrogen) atoms. The van der Waals surface area contributed by atoms with Crippen LogP contribution in [0.3, 0.4) is 0 Å². The molecule has 2 N–H and O–H groups in total. The van der Waals surface area contributed by atoms with E-state index >= 15 is 0 Å². The van der Waals surface area contributed by atoms with E-state index in [4.69, 9.17) is 0 Å². The summed E-state index contributed by atoms with van der Waals surface area (Å²) < 4.78 is 1.75. The fourth-order valence-corrected chi connectivity index (χ4v) is 1.80. The van der Waals surface area contributed by atoms with Crippen LogP contribution in [0.25, 0.3) is 0 Å². The van der Waals surface area contributed by atoms with Gasteiger partial charge in [0.15, 0.2) is 0 Å². The summed E-state index contributed by atoms with van der Waals surface area (Å²) in [7, 11) is 2.60. The number of nitrogens with one attached hydrogen (secondary N) is 1. The van der Waals surface area contributed by atoms with Crippen molar-refractivity contribution < 1.29 is 10.0 Å². The fourth-order valence-electron chi connectivity index (χ4n) is 1.80. The molecule has 0 fully saturated rings. The number of rotatable bonds is 4. The summed E-state index contributed by atoms with van der Waals surface area (Å²) in [5, 5.41) is 24.2. The molecule has 0 saturated carbocycles. The predicted octanol–water partition coefficient (Wildman–Crippen LogP) is 0.144. The van der Waals surface area contributed by atoms with Gasteiger partial charge in [-0.25, -0.2) is 4.79 Å². The molecular weight excluding hydrogens is 306 g/mol. The van der Waals surface area contributed by atoms with Crippen LogP contribution in [0.4, 0.5) is 11.4 Å². The molecular formula is C13H13N5O5. The van der Waals surface area contributed by atoms with Gasteiger partial charge in [-0.3, -0.25) is 29.5 Å². The number of hydrazone groups is 1. The third kappa shape index (κ3) is 3.10. The van der Waals surface area contributed by atoms with Crippen molar-refractivity contribution in [3.05, 3.63) is 60.8 Å². The second-order valence-corrected chi connectivity index (χ2v) is 4.62. The molecule has 1 heterocycles. The Labute approximate surface area is 129 Å². The van der Waals surface area contributed by atoms with Crippen LogP contribution in [0, 0.1) is 10.1 Å². The minimum atomic E-state index is -0.695. The summed E-state index contributed by atoms with van der Waals surface area (Å²) in [4.78, 5) is 33.5. The maximum Gasteiger partial charge on any atom is 0.333 e. The topological polar surface area (TPSA) is 132 Å². The number of aromatic nitrogens is 2. The minimum Gasteiger partial charge on any atom is -0.494 e. The predicted molar refractivity (Wildman–Crippen MR) is 82.9 cm³/mol. The molecule has 1 aromatic carbocycles. The van der Waals surface area contributed by atoms with Crippen LogP contribution in [0.15, 0.2) is 39.0 Å². The van der Waals surface area contributed by atoms with Crippen molar-refractivity contribution in [2.45, 2.75) is 0 Å². The molecule has 0 amide bonds. The van der Waals surface area contributed by atoms with Gasteiger partial charge < -0.3 is 5.11 Å². The largest absolute Gasteiger partial charge is 0.494 e. The molecule has 0 atom stereocenters. The normalized spacial score (nSPS) is 10.9. The SMILES string of the molecule is Cn1c(O)c(/C=N\Nc2ccc([N+](=O)[O-])cc2)c(=O)n(C)c1=O. The number of benzene rings is 1. The molecule has 10 nitrogen and oxygen atoms in total. The number of non-ortho nitro benzene ring substituents is 1. The van der Waals surface area contributed by atoms with E-state index in [2.05, 4.69) is 10.5 Å². The summed E-state index contributed by atoms with van der Waals surface area (Å²) in [6, 6.07) is 5.46. The molecule has 0 aliphatic rings. The summed E-state index contributed by atoms with van der Waals surface area (Å²) in [6.07, 6.45) is 1.07. The van der Waals surface area contributed by atoms with Crippen molar-refractivity contribution in [3.8, 4) is 5.88 Å². The number of hydrogen-bond donors (Lipinski definition) is 2. The smallest absolute Gasteiger partial charge is 0.333 e. The zero-order valence-electron chi connectivity index (χ0n) is 12.3. The first-order valence-electron chi connectivity index (χ1n) is 6.35. The molecule has 10 heteroatoms. The van der Waals surface area contributed by atoms with E-state index in [1.165, 1.54) is 38.4 Å². The van der Waals surface area contributed by atoms with E-state index in [-0.39, 0.29) is 11.3 Å². The van der Waals surface area contributed by atoms with Crippen LogP contribution >= 0.6 is 0 Å². The van der Waals surface area contributed by atoms with E-state index in [0.717, 1.165) is 15.3 Å². The van der Waals surface area contributed by atoms with Crippen molar-refractivity contribution in [3.63, 3.8) is 0 Å². The molecule has 0 aliphatic carbocycles. The maximum absolute atomic E-state index is 11.9. The Morgan fingerprint density at radius 3 is 2.39 bits per heavy atom. The lowest BCUT2D eigenvalue weighted by Crippen LogP contribution is -2.38. The molecule has 2 rings (SSSR count). The number of nitrogens with zero attached hydrogens (tertiary/aromatic N) is 4. The second-order valence-electron chi connectivity index (χ2n) is 4.62. The van der Waals surface area contributed by atoms with Gasteiger partial charge in [-0.15, -0.1) is 0 Å². The molecule has 0 unspecified atom stereocenters. The number of nitro benzene ring substituents is 1. The van der Waals surface area contributed by atoms with Crippen LogP contribution in [-0.2, 0) is 14.1 Å². The van der Waals surface area contributed by atoms with Crippen LogP contribution in [0.2, 0.25) is 0 Å². The zero-order chi connectivity index (χ0) is 17.1. The van der Waals surface area contributed by atoms with Crippen LogP contribution in [0.5, 0.6) is 5.88 Å². The maximum atomic E-state index is 11.9. The van der Waals surface area contributed by atoms with Gasteiger partial charge in [0.1, 0.15) is 5.56 Å². The van der Waals surface area contributed by atoms with Crippen molar-refractivity contribution in [2.75, 3.05) is 5.43 Å². The fraction of sp³-hybridized carbons (Fsp3) is 0.154. The first kappa shape index (κ1) is 15.9.